The first-order valence-electron chi connectivity index (χ1n) is 10.4. The van der Waals surface area contributed by atoms with Gasteiger partial charge in [-0.2, -0.15) is 0 Å². The van der Waals surface area contributed by atoms with E-state index in [4.69, 9.17) is 14.3 Å². The number of nitrogens with one attached hydrogen (secondary N) is 2. The van der Waals surface area contributed by atoms with E-state index in [0.29, 0.717) is 17.1 Å². The minimum Gasteiger partial charge on any atom is -0.392 e. The van der Waals surface area contributed by atoms with Crippen LogP contribution in [0.2, 0.25) is 0 Å². The van der Waals surface area contributed by atoms with Crippen LogP contribution in [0, 0.1) is 6.92 Å². The van der Waals surface area contributed by atoms with Crippen LogP contribution in [0.1, 0.15) is 29.7 Å². The largest absolute Gasteiger partial charge is 0.392 e. The second-order valence-corrected chi connectivity index (χ2v) is 10.5. The number of benzene rings is 1. The van der Waals surface area contributed by atoms with Gasteiger partial charge in [0, 0.05) is 43.8 Å². The van der Waals surface area contributed by atoms with Gasteiger partial charge in [-0.05, 0) is 31.9 Å². The van der Waals surface area contributed by atoms with E-state index in [1.54, 1.807) is 13.3 Å². The summed E-state index contributed by atoms with van der Waals surface area (Å²) >= 11 is 1.34. The number of ether oxygens (including phenoxy) is 2. The van der Waals surface area contributed by atoms with Crippen LogP contribution in [0.5, 0.6) is 0 Å². The molecule has 0 aliphatic heterocycles. The van der Waals surface area contributed by atoms with Gasteiger partial charge in [0.15, 0.2) is 10.8 Å². The average molecular weight is 497 g/mol. The van der Waals surface area contributed by atoms with Gasteiger partial charge in [-0.15, -0.1) is 11.3 Å². The number of oxime groups is 1. The van der Waals surface area contributed by atoms with Crippen molar-refractivity contribution in [1.29, 1.82) is 0 Å². The summed E-state index contributed by atoms with van der Waals surface area (Å²) < 4.78 is 37.5. The molecule has 0 unspecified atom stereocenters. The van der Waals surface area contributed by atoms with Crippen molar-refractivity contribution in [3.05, 3.63) is 40.9 Å². The molecule has 10 nitrogen and oxygen atoms in total. The van der Waals surface area contributed by atoms with Gasteiger partial charge in [0.05, 0.1) is 17.6 Å². The van der Waals surface area contributed by atoms with Crippen molar-refractivity contribution < 1.29 is 27.5 Å². The van der Waals surface area contributed by atoms with Crippen molar-refractivity contribution in [3.63, 3.8) is 0 Å². The molecule has 1 aromatic carbocycles. The van der Waals surface area contributed by atoms with Crippen LogP contribution >= 0.6 is 11.3 Å². The van der Waals surface area contributed by atoms with Crippen molar-refractivity contribution in [2.45, 2.75) is 43.3 Å². The highest BCUT2D eigenvalue weighted by Crippen LogP contribution is 2.25. The van der Waals surface area contributed by atoms with Gasteiger partial charge in [-0.3, -0.25) is 10.1 Å². The number of methoxy groups -OCH3 is 2. The van der Waals surface area contributed by atoms with E-state index in [1.165, 1.54) is 42.7 Å². The number of aryl methyl sites for hydroxylation is 1. The maximum atomic E-state index is 13.0. The molecule has 1 aliphatic carbocycles. The lowest BCUT2D eigenvalue weighted by Crippen LogP contribution is -2.27. The summed E-state index contributed by atoms with van der Waals surface area (Å²) in [4.78, 5) is 23.8. The molecular weight excluding hydrogens is 468 g/mol. The first-order chi connectivity index (χ1) is 15.8. The van der Waals surface area contributed by atoms with E-state index < -0.39 is 15.9 Å². The van der Waals surface area contributed by atoms with Gasteiger partial charge < -0.3 is 14.3 Å². The van der Waals surface area contributed by atoms with E-state index in [9.17, 15) is 13.2 Å². The molecule has 1 heterocycles. The Kier molecular flexibility index (Phi) is 8.92. The molecule has 2 atom stereocenters. The lowest BCUT2D eigenvalue weighted by Gasteiger charge is -2.12. The molecule has 0 bridgehead atoms. The Hall–Kier alpha value is -2.38. The normalized spacial score (nSPS) is 18.9. The molecule has 180 valence electrons. The Morgan fingerprint density at radius 2 is 1.94 bits per heavy atom. The first-order valence-corrected chi connectivity index (χ1v) is 12.7. The Morgan fingerprint density at radius 3 is 2.55 bits per heavy atom. The average Bonchev–Trinajstić information content (AvgIpc) is 3.43. The van der Waals surface area contributed by atoms with Crippen LogP contribution in [0.4, 0.5) is 5.13 Å². The maximum Gasteiger partial charge on any atom is 0.280 e. The topological polar surface area (TPSA) is 128 Å². The number of carbonyl (C=O) groups is 1. The Bertz CT molecular complexity index is 1070. The number of aromatic nitrogens is 1. The van der Waals surface area contributed by atoms with Crippen molar-refractivity contribution in [2.24, 2.45) is 5.16 Å². The molecule has 1 aliphatic rings. The van der Waals surface area contributed by atoms with E-state index >= 15 is 0 Å². The molecule has 12 heteroatoms. The number of sulfonamides is 1. The third-order valence-electron chi connectivity index (χ3n) is 5.06. The van der Waals surface area contributed by atoms with E-state index in [2.05, 4.69) is 20.2 Å². The number of rotatable bonds is 11. The van der Waals surface area contributed by atoms with E-state index in [0.717, 1.165) is 17.7 Å². The molecule has 1 saturated carbocycles. The Labute approximate surface area is 197 Å². The summed E-state index contributed by atoms with van der Waals surface area (Å²) in [6.45, 7) is 2.30. The number of anilines is 1. The zero-order chi connectivity index (χ0) is 23.8. The number of thiazole rings is 1. The molecule has 0 spiro atoms. The molecule has 1 amide bonds. The second kappa shape index (κ2) is 11.7. The predicted octanol–water partition coefficient (Wildman–Crippen LogP) is 2.30. The minimum atomic E-state index is -3.70. The van der Waals surface area contributed by atoms with Gasteiger partial charge in [-0.25, -0.2) is 18.1 Å². The third-order valence-corrected chi connectivity index (χ3v) is 7.36. The predicted molar refractivity (Wildman–Crippen MR) is 125 cm³/mol. The molecular formula is C21H28N4O6S2. The molecule has 1 aromatic heterocycles. The van der Waals surface area contributed by atoms with Crippen LogP contribution in [0.15, 0.2) is 40.5 Å². The first kappa shape index (κ1) is 25.2. The van der Waals surface area contributed by atoms with Crippen LogP contribution in [-0.4, -0.2) is 64.6 Å². The molecule has 2 N–H and O–H groups in total. The van der Waals surface area contributed by atoms with E-state index in [-0.39, 0.29) is 36.0 Å². The summed E-state index contributed by atoms with van der Waals surface area (Å²) in [6.07, 6.45) is 3.92. The number of hydrogen-bond acceptors (Lipinski definition) is 9. The number of amides is 1. The molecule has 33 heavy (non-hydrogen) atoms. The molecule has 1 fully saturated rings. The number of nitrogens with zero attached hydrogens (tertiary/aromatic N) is 2. The summed E-state index contributed by atoms with van der Waals surface area (Å²) in [6, 6.07) is 5.87. The highest BCUT2D eigenvalue weighted by Gasteiger charge is 2.27. The minimum absolute atomic E-state index is 0.0278. The third kappa shape index (κ3) is 7.05. The lowest BCUT2D eigenvalue weighted by atomic mass is 10.1. The summed E-state index contributed by atoms with van der Waals surface area (Å²) in [5, 5.41) is 7.31. The molecule has 3 rings (SSSR count). The number of carbonyl (C=O) groups excluding carboxylic acids is 1. The highest BCUT2D eigenvalue weighted by atomic mass is 32.2. The van der Waals surface area contributed by atoms with Crippen molar-refractivity contribution >= 4 is 38.1 Å². The quantitative estimate of drug-likeness (QED) is 0.277. The Morgan fingerprint density at radius 1 is 1.21 bits per heavy atom. The Balaban J connectivity index is 1.80. The zero-order valence-electron chi connectivity index (χ0n) is 18.7. The fraction of sp³-hybridized carbons (Fsp3) is 0.476. The summed E-state index contributed by atoms with van der Waals surface area (Å²) in [5.41, 5.74) is 0.443. The summed E-state index contributed by atoms with van der Waals surface area (Å²) in [7, 11) is -0.551. The fourth-order valence-corrected chi connectivity index (χ4v) is 4.96. The second-order valence-electron chi connectivity index (χ2n) is 7.48. The monoisotopic (exact) mass is 496 g/mol. The van der Waals surface area contributed by atoms with Crippen molar-refractivity contribution in [2.75, 3.05) is 32.7 Å². The standard InChI is InChI=1S/C21H28N4O6S2/c1-14-13-22-21(32-14)24-20(26)19(25-31-17-7-6-16(12-17)30-3)15-4-8-18(9-5-15)33(27,28)23-10-11-29-2/h4-5,8-9,13,16-17,23H,6-7,10-12H2,1-3H3,(H,22,24,26)/b25-19+/t16-,17-/m1/s1. The van der Waals surface area contributed by atoms with Crippen LogP contribution in [-0.2, 0) is 29.1 Å². The summed E-state index contributed by atoms with van der Waals surface area (Å²) in [5.74, 6) is -0.500. The van der Waals surface area contributed by atoms with Crippen LogP contribution < -0.4 is 10.0 Å². The molecule has 0 radical (unpaired) electrons. The van der Waals surface area contributed by atoms with Gasteiger partial charge in [0.2, 0.25) is 10.0 Å². The highest BCUT2D eigenvalue weighted by molar-refractivity contribution is 7.89. The molecule has 0 saturated heterocycles. The zero-order valence-corrected chi connectivity index (χ0v) is 20.4. The van der Waals surface area contributed by atoms with Gasteiger partial charge in [0.25, 0.3) is 5.91 Å². The van der Waals surface area contributed by atoms with Crippen molar-refractivity contribution in [1.82, 2.24) is 9.71 Å². The fourth-order valence-electron chi connectivity index (χ4n) is 3.29. The van der Waals surface area contributed by atoms with Crippen molar-refractivity contribution in [3.8, 4) is 0 Å². The maximum absolute atomic E-state index is 13.0. The number of hydrogen-bond donors (Lipinski definition) is 2. The van der Waals surface area contributed by atoms with Gasteiger partial charge >= 0.3 is 0 Å². The van der Waals surface area contributed by atoms with Gasteiger partial charge in [-0.1, -0.05) is 17.3 Å². The lowest BCUT2D eigenvalue weighted by molar-refractivity contribution is -0.110. The molecule has 2 aromatic rings. The van der Waals surface area contributed by atoms with Gasteiger partial charge in [0.1, 0.15) is 6.10 Å². The van der Waals surface area contributed by atoms with Crippen LogP contribution in [0.25, 0.3) is 0 Å². The SMILES string of the molecule is COCCNS(=O)(=O)c1ccc(/C(=N\O[C@@H]2CC[C@@H](OC)C2)C(=O)Nc2ncc(C)s2)cc1. The van der Waals surface area contributed by atoms with E-state index in [1.807, 2.05) is 6.92 Å². The smallest absolute Gasteiger partial charge is 0.280 e. The van der Waals surface area contributed by atoms with Crippen LogP contribution in [0.3, 0.4) is 0 Å².